The number of nitrogens with one attached hydrogen (secondary N) is 3. The number of aromatic nitrogens is 4. The number of aromatic hydroxyl groups is 1. The van der Waals surface area contributed by atoms with Crippen LogP contribution in [0.4, 0.5) is 5.69 Å². The number of aromatic amines is 3. The number of methoxy groups -OCH3 is 1. The topological polar surface area (TPSA) is 94.5 Å². The van der Waals surface area contributed by atoms with Crippen molar-refractivity contribution in [1.82, 2.24) is 19.9 Å². The summed E-state index contributed by atoms with van der Waals surface area (Å²) in [5, 5.41) is 9.89. The molecule has 3 aromatic carbocycles. The highest BCUT2D eigenvalue weighted by molar-refractivity contribution is 5.85. The van der Waals surface area contributed by atoms with E-state index >= 15 is 0 Å². The molecule has 0 aliphatic carbocycles. The average molecular weight is 456 g/mol. The van der Waals surface area contributed by atoms with Gasteiger partial charge in [-0.2, -0.15) is 0 Å². The largest absolute Gasteiger partial charge is 0.504 e. The van der Waals surface area contributed by atoms with Crippen LogP contribution in [0.25, 0.3) is 44.8 Å². The van der Waals surface area contributed by atoms with E-state index in [1.54, 1.807) is 19.2 Å². The maximum Gasteiger partial charge on any atom is 0.285 e. The van der Waals surface area contributed by atoms with E-state index in [0.29, 0.717) is 5.75 Å². The highest BCUT2D eigenvalue weighted by Gasteiger charge is 2.18. The van der Waals surface area contributed by atoms with Gasteiger partial charge in [0.25, 0.3) is 5.82 Å². The van der Waals surface area contributed by atoms with Gasteiger partial charge >= 0.3 is 0 Å². The van der Waals surface area contributed by atoms with Gasteiger partial charge in [-0.05, 0) is 55.6 Å². The van der Waals surface area contributed by atoms with Crippen LogP contribution in [0.3, 0.4) is 0 Å². The quantitative estimate of drug-likeness (QED) is 0.385. The molecule has 1 saturated heterocycles. The molecule has 1 aliphatic heterocycles. The Hall–Kier alpha value is -4.04. The molecular formula is C26H27N6O2+. The molecule has 0 spiro atoms. The molecule has 0 unspecified atom stereocenters. The van der Waals surface area contributed by atoms with Crippen molar-refractivity contribution in [1.29, 1.82) is 0 Å². The summed E-state index contributed by atoms with van der Waals surface area (Å²) in [5.74, 6) is 2.23. The molecule has 1 fully saturated rings. The molecule has 3 heterocycles. The number of hydrogen-bond acceptors (Lipinski definition) is 5. The van der Waals surface area contributed by atoms with E-state index in [4.69, 9.17) is 9.72 Å². The molecule has 0 radical (unpaired) electrons. The molecule has 2 aromatic heterocycles. The fraction of sp³-hybridized carbons (Fsp3) is 0.231. The predicted molar refractivity (Wildman–Crippen MR) is 133 cm³/mol. The van der Waals surface area contributed by atoms with Crippen molar-refractivity contribution in [2.75, 3.05) is 45.2 Å². The van der Waals surface area contributed by atoms with Gasteiger partial charge < -0.3 is 24.6 Å². The van der Waals surface area contributed by atoms with Gasteiger partial charge in [0.05, 0.1) is 23.7 Å². The standard InChI is InChI=1S/C26H26N6O2/c1-31-9-11-32(12-10-31)18-5-7-20-22(15-18)30-25(28-20)16-3-6-19-21(13-16)29-26(27-19)17-4-8-23(33)24(14-17)34-2/h3-8,13-15,33H,9-12H2,1-2H3,(H,27,29)(H,28,30)/p+1. The van der Waals surface area contributed by atoms with Crippen LogP contribution in [0.2, 0.25) is 0 Å². The van der Waals surface area contributed by atoms with Crippen LogP contribution >= 0.6 is 0 Å². The fourth-order valence-corrected chi connectivity index (χ4v) is 4.58. The van der Waals surface area contributed by atoms with Gasteiger partial charge in [-0.3, -0.25) is 0 Å². The Balaban J connectivity index is 1.32. The number of phenols is 1. The average Bonchev–Trinajstić information content (AvgIpc) is 3.48. The number of piperazine rings is 1. The van der Waals surface area contributed by atoms with Crippen LogP contribution in [-0.2, 0) is 0 Å². The van der Waals surface area contributed by atoms with E-state index in [-0.39, 0.29) is 5.75 Å². The molecule has 0 bridgehead atoms. The van der Waals surface area contributed by atoms with Gasteiger partial charge in [0.15, 0.2) is 22.5 Å². The number of rotatable bonds is 4. The summed E-state index contributed by atoms with van der Waals surface area (Å²) in [6, 6.07) is 17.9. The number of hydrogen-bond donors (Lipinski definition) is 3. The van der Waals surface area contributed by atoms with E-state index in [9.17, 15) is 5.11 Å². The summed E-state index contributed by atoms with van der Waals surface area (Å²) < 4.78 is 5.24. The molecule has 8 heteroatoms. The molecule has 0 atom stereocenters. The molecule has 6 rings (SSSR count). The molecule has 8 nitrogen and oxygen atoms in total. The van der Waals surface area contributed by atoms with Crippen LogP contribution in [0, 0.1) is 0 Å². The van der Waals surface area contributed by atoms with Crippen LogP contribution in [0.15, 0.2) is 54.6 Å². The number of anilines is 1. The minimum atomic E-state index is 0.116. The Morgan fingerprint density at radius 2 is 1.74 bits per heavy atom. The van der Waals surface area contributed by atoms with Crippen molar-refractivity contribution < 1.29 is 14.8 Å². The van der Waals surface area contributed by atoms with Gasteiger partial charge in [0, 0.05) is 43.5 Å². The second-order valence-corrected chi connectivity index (χ2v) is 8.85. The summed E-state index contributed by atoms with van der Waals surface area (Å²) >= 11 is 0. The molecule has 4 N–H and O–H groups in total. The smallest absolute Gasteiger partial charge is 0.285 e. The summed E-state index contributed by atoms with van der Waals surface area (Å²) in [4.78, 5) is 20.0. The Bertz CT molecular complexity index is 1500. The highest BCUT2D eigenvalue weighted by Crippen LogP contribution is 2.31. The number of imidazole rings is 2. The van der Waals surface area contributed by atoms with Crippen molar-refractivity contribution in [3.05, 3.63) is 54.6 Å². The minimum Gasteiger partial charge on any atom is -0.504 e. The third kappa shape index (κ3) is 3.62. The summed E-state index contributed by atoms with van der Waals surface area (Å²) in [5.41, 5.74) is 7.10. The van der Waals surface area contributed by atoms with Crippen molar-refractivity contribution in [3.63, 3.8) is 0 Å². The van der Waals surface area contributed by atoms with Crippen molar-refractivity contribution in [2.24, 2.45) is 0 Å². The number of H-pyrrole nitrogens is 3. The first-order valence-corrected chi connectivity index (χ1v) is 11.4. The van der Waals surface area contributed by atoms with E-state index in [1.807, 2.05) is 12.1 Å². The third-order valence-corrected chi connectivity index (χ3v) is 6.61. The van der Waals surface area contributed by atoms with Crippen LogP contribution < -0.4 is 14.6 Å². The van der Waals surface area contributed by atoms with Crippen molar-refractivity contribution in [3.8, 4) is 34.3 Å². The first-order chi connectivity index (χ1) is 16.6. The Kier molecular flexibility index (Phi) is 4.88. The molecule has 172 valence electrons. The van der Waals surface area contributed by atoms with Gasteiger partial charge in [-0.1, -0.05) is 0 Å². The lowest BCUT2D eigenvalue weighted by atomic mass is 10.2. The molecule has 0 saturated carbocycles. The van der Waals surface area contributed by atoms with Crippen LogP contribution in [0.5, 0.6) is 11.5 Å². The lowest BCUT2D eigenvalue weighted by molar-refractivity contribution is -0.330. The molecule has 0 amide bonds. The number of fused-ring (bicyclic) bond motifs is 2. The molecule has 1 aliphatic rings. The first kappa shape index (κ1) is 20.6. The van der Waals surface area contributed by atoms with E-state index in [2.05, 4.69) is 62.1 Å². The number of nitrogens with zero attached hydrogens (tertiary/aromatic N) is 3. The minimum absolute atomic E-state index is 0.116. The highest BCUT2D eigenvalue weighted by atomic mass is 16.5. The number of likely N-dealkylation sites (N-methyl/N-ethyl adjacent to an activating group) is 1. The zero-order valence-corrected chi connectivity index (χ0v) is 19.2. The van der Waals surface area contributed by atoms with Gasteiger partial charge in [0.1, 0.15) is 5.82 Å². The maximum absolute atomic E-state index is 9.89. The van der Waals surface area contributed by atoms with Crippen molar-refractivity contribution >= 4 is 27.8 Å². The molecule has 34 heavy (non-hydrogen) atoms. The number of ether oxygens (including phenoxy) is 1. The fourth-order valence-electron chi connectivity index (χ4n) is 4.58. The van der Waals surface area contributed by atoms with Gasteiger partial charge in [0.2, 0.25) is 0 Å². The lowest BCUT2D eigenvalue weighted by Crippen LogP contribution is -2.44. The monoisotopic (exact) mass is 455 g/mol. The van der Waals surface area contributed by atoms with Gasteiger partial charge in [-0.15, -0.1) is 0 Å². The van der Waals surface area contributed by atoms with Crippen LogP contribution in [-0.4, -0.2) is 65.3 Å². The second kappa shape index (κ2) is 8.07. The lowest BCUT2D eigenvalue weighted by Gasteiger charge is -2.34. The Labute approximate surface area is 196 Å². The van der Waals surface area contributed by atoms with E-state index in [0.717, 1.165) is 71.0 Å². The third-order valence-electron chi connectivity index (χ3n) is 6.61. The van der Waals surface area contributed by atoms with Crippen LogP contribution in [0.1, 0.15) is 0 Å². The predicted octanol–water partition coefficient (Wildman–Crippen LogP) is 3.66. The Morgan fingerprint density at radius 1 is 0.912 bits per heavy atom. The normalized spacial score (nSPS) is 14.8. The first-order valence-electron chi connectivity index (χ1n) is 11.4. The zero-order valence-electron chi connectivity index (χ0n) is 19.2. The summed E-state index contributed by atoms with van der Waals surface area (Å²) in [7, 11) is 3.71. The van der Waals surface area contributed by atoms with Gasteiger partial charge in [-0.25, -0.2) is 15.0 Å². The maximum atomic E-state index is 9.89. The SMILES string of the molecule is COc1cc(-c2[nH]c3cc(-c4nc5ccc(N6CCN(C)CC6)cc5[nH]4)ccc3[nH+]2)ccc1O. The van der Waals surface area contributed by atoms with E-state index in [1.165, 1.54) is 5.69 Å². The second-order valence-electron chi connectivity index (χ2n) is 8.85. The number of benzene rings is 3. The Morgan fingerprint density at radius 3 is 2.56 bits per heavy atom. The number of phenolic OH excluding ortho intramolecular Hbond substituents is 1. The molecule has 5 aromatic rings. The summed E-state index contributed by atoms with van der Waals surface area (Å²) in [6.07, 6.45) is 0. The van der Waals surface area contributed by atoms with Crippen molar-refractivity contribution in [2.45, 2.75) is 0 Å². The van der Waals surface area contributed by atoms with E-state index < -0.39 is 0 Å². The molecular weight excluding hydrogens is 428 g/mol. The zero-order chi connectivity index (χ0) is 23.2. The summed E-state index contributed by atoms with van der Waals surface area (Å²) in [6.45, 7) is 4.24.